The molecule has 1 atom stereocenters. The smallest absolute Gasteiger partial charge is 0.138 e. The fourth-order valence-electron chi connectivity index (χ4n) is 2.43. The van der Waals surface area contributed by atoms with Gasteiger partial charge in [-0.05, 0) is 54.8 Å². The van der Waals surface area contributed by atoms with Crippen LogP contribution in [0.4, 0.5) is 0 Å². The number of rotatable bonds is 5. The first kappa shape index (κ1) is 16.3. The molecular weight excluding hydrogens is 386 g/mol. The summed E-state index contributed by atoms with van der Waals surface area (Å²) >= 11 is 7.11. The third-order valence-electron chi connectivity index (χ3n) is 3.52. The maximum atomic E-state index is 5.76. The van der Waals surface area contributed by atoms with Gasteiger partial charge in [0.15, 0.2) is 0 Å². The molecule has 0 amide bonds. The topological polar surface area (TPSA) is 30.5 Å². The lowest BCUT2D eigenvalue weighted by atomic mass is 9.94. The van der Waals surface area contributed by atoms with Crippen molar-refractivity contribution in [1.29, 1.82) is 0 Å². The summed E-state index contributed by atoms with van der Waals surface area (Å²) in [4.78, 5) is 0. The van der Waals surface area contributed by atoms with Crippen molar-refractivity contribution in [2.24, 2.45) is 0 Å². The summed E-state index contributed by atoms with van der Waals surface area (Å²) in [6.45, 7) is 7.30. The molecule has 1 aliphatic heterocycles. The molecule has 1 aromatic rings. The molecule has 1 unspecified atom stereocenters. The summed E-state index contributed by atoms with van der Waals surface area (Å²) in [7, 11) is 0. The number of nitrogens with one attached hydrogen (secondary N) is 1. The van der Waals surface area contributed by atoms with E-state index in [0.717, 1.165) is 52.9 Å². The molecule has 20 heavy (non-hydrogen) atoms. The molecule has 1 aliphatic rings. The minimum atomic E-state index is 0.0521. The van der Waals surface area contributed by atoms with E-state index in [9.17, 15) is 0 Å². The molecule has 1 aromatic carbocycles. The van der Waals surface area contributed by atoms with Crippen LogP contribution in [0.15, 0.2) is 21.1 Å². The van der Waals surface area contributed by atoms with Gasteiger partial charge in [-0.15, -0.1) is 0 Å². The van der Waals surface area contributed by atoms with Gasteiger partial charge in [0, 0.05) is 28.7 Å². The molecule has 1 saturated heterocycles. The second-order valence-electron chi connectivity index (χ2n) is 5.38. The van der Waals surface area contributed by atoms with Crippen LogP contribution < -0.4 is 10.1 Å². The lowest BCUT2D eigenvalue weighted by Gasteiger charge is -2.34. The van der Waals surface area contributed by atoms with E-state index in [1.54, 1.807) is 0 Å². The maximum Gasteiger partial charge on any atom is 0.138 e. The molecule has 3 nitrogen and oxygen atoms in total. The van der Waals surface area contributed by atoms with Crippen LogP contribution in [-0.4, -0.2) is 25.4 Å². The molecule has 2 rings (SSSR count). The van der Waals surface area contributed by atoms with Crippen molar-refractivity contribution in [2.45, 2.75) is 38.8 Å². The summed E-state index contributed by atoms with van der Waals surface area (Å²) in [5.41, 5.74) is 1.20. The van der Waals surface area contributed by atoms with E-state index in [4.69, 9.17) is 9.47 Å². The molecule has 1 heterocycles. The van der Waals surface area contributed by atoms with E-state index < -0.39 is 0 Å². The van der Waals surface area contributed by atoms with Crippen molar-refractivity contribution in [1.82, 2.24) is 5.32 Å². The first-order valence-corrected chi connectivity index (χ1v) is 8.56. The van der Waals surface area contributed by atoms with Crippen LogP contribution in [0.3, 0.4) is 0 Å². The summed E-state index contributed by atoms with van der Waals surface area (Å²) < 4.78 is 13.4. The van der Waals surface area contributed by atoms with Gasteiger partial charge in [-0.1, -0.05) is 15.9 Å². The quantitative estimate of drug-likeness (QED) is 0.791. The van der Waals surface area contributed by atoms with Crippen molar-refractivity contribution >= 4 is 31.9 Å². The molecular formula is C15H21Br2NO2. The lowest BCUT2D eigenvalue weighted by Crippen LogP contribution is -2.48. The van der Waals surface area contributed by atoms with Gasteiger partial charge in [0.2, 0.25) is 0 Å². The highest BCUT2D eigenvalue weighted by Gasteiger charge is 2.27. The van der Waals surface area contributed by atoms with Gasteiger partial charge in [-0.2, -0.15) is 0 Å². The Kier molecular flexibility index (Phi) is 5.90. The number of ether oxygens (including phenoxy) is 2. The van der Waals surface area contributed by atoms with E-state index in [-0.39, 0.29) is 5.54 Å². The van der Waals surface area contributed by atoms with Crippen LogP contribution in [0.2, 0.25) is 0 Å². The van der Waals surface area contributed by atoms with Crippen LogP contribution in [0.1, 0.15) is 32.3 Å². The molecule has 1 N–H and O–H groups in total. The highest BCUT2D eigenvalue weighted by atomic mass is 79.9. The Labute approximate surface area is 137 Å². The first-order chi connectivity index (χ1) is 9.54. The minimum Gasteiger partial charge on any atom is -0.492 e. The lowest BCUT2D eigenvalue weighted by molar-refractivity contribution is 0.0277. The summed E-state index contributed by atoms with van der Waals surface area (Å²) in [6.07, 6.45) is 2.26. The van der Waals surface area contributed by atoms with Crippen molar-refractivity contribution in [3.63, 3.8) is 0 Å². The number of hydrogen-bond acceptors (Lipinski definition) is 3. The third-order valence-corrected chi connectivity index (χ3v) is 4.56. The largest absolute Gasteiger partial charge is 0.492 e. The summed E-state index contributed by atoms with van der Waals surface area (Å²) in [5, 5.41) is 3.62. The van der Waals surface area contributed by atoms with Crippen molar-refractivity contribution < 1.29 is 9.47 Å². The second-order valence-corrected chi connectivity index (χ2v) is 7.15. The van der Waals surface area contributed by atoms with Crippen LogP contribution >= 0.6 is 31.9 Å². The van der Waals surface area contributed by atoms with Crippen LogP contribution in [0, 0.1) is 0 Å². The molecule has 0 spiro atoms. The fraction of sp³-hybridized carbons (Fsp3) is 0.600. The Morgan fingerprint density at radius 1 is 1.40 bits per heavy atom. The molecule has 1 fully saturated rings. The average Bonchev–Trinajstić information content (AvgIpc) is 2.41. The Morgan fingerprint density at radius 2 is 2.20 bits per heavy atom. The van der Waals surface area contributed by atoms with Gasteiger partial charge in [-0.25, -0.2) is 0 Å². The molecule has 0 saturated carbocycles. The molecule has 0 aliphatic carbocycles. The van der Waals surface area contributed by atoms with Crippen molar-refractivity contribution in [2.75, 3.05) is 19.8 Å². The molecule has 0 aromatic heterocycles. The second kappa shape index (κ2) is 7.25. The maximum absolute atomic E-state index is 5.76. The van der Waals surface area contributed by atoms with Crippen LogP contribution in [0.25, 0.3) is 0 Å². The third kappa shape index (κ3) is 4.20. The van der Waals surface area contributed by atoms with Crippen LogP contribution in [-0.2, 0) is 11.3 Å². The number of halogens is 2. The molecule has 5 heteroatoms. The van der Waals surface area contributed by atoms with E-state index in [1.165, 1.54) is 0 Å². The Morgan fingerprint density at radius 3 is 2.85 bits per heavy atom. The monoisotopic (exact) mass is 405 g/mol. The Hall–Kier alpha value is -0.100. The van der Waals surface area contributed by atoms with Gasteiger partial charge in [-0.3, -0.25) is 0 Å². The molecule has 0 radical (unpaired) electrons. The predicted molar refractivity (Wildman–Crippen MR) is 88.3 cm³/mol. The van der Waals surface area contributed by atoms with E-state index >= 15 is 0 Å². The van der Waals surface area contributed by atoms with Gasteiger partial charge in [0.05, 0.1) is 17.7 Å². The SMILES string of the molecule is CCOc1c(Br)cc(Br)cc1CNC1(C)CCCOC1. The zero-order chi connectivity index (χ0) is 14.6. The minimum absolute atomic E-state index is 0.0521. The van der Waals surface area contributed by atoms with Crippen molar-refractivity contribution in [3.05, 3.63) is 26.6 Å². The number of benzene rings is 1. The average molecular weight is 407 g/mol. The van der Waals surface area contributed by atoms with Crippen LogP contribution in [0.5, 0.6) is 5.75 Å². The van der Waals surface area contributed by atoms with E-state index in [2.05, 4.69) is 50.2 Å². The van der Waals surface area contributed by atoms with Gasteiger partial charge >= 0.3 is 0 Å². The molecule has 112 valence electrons. The Balaban J connectivity index is 2.11. The van der Waals surface area contributed by atoms with Gasteiger partial charge in [0.1, 0.15) is 5.75 Å². The first-order valence-electron chi connectivity index (χ1n) is 6.97. The predicted octanol–water partition coefficient (Wildman–Crippen LogP) is 4.27. The zero-order valence-corrected chi connectivity index (χ0v) is 15.1. The highest BCUT2D eigenvalue weighted by molar-refractivity contribution is 9.11. The normalized spacial score (nSPS) is 22.8. The van der Waals surface area contributed by atoms with Gasteiger partial charge in [0.25, 0.3) is 0 Å². The van der Waals surface area contributed by atoms with E-state index in [0.29, 0.717) is 6.61 Å². The van der Waals surface area contributed by atoms with E-state index in [1.807, 2.05) is 13.0 Å². The Bertz CT molecular complexity index is 459. The van der Waals surface area contributed by atoms with Crippen molar-refractivity contribution in [3.8, 4) is 5.75 Å². The molecule has 0 bridgehead atoms. The van der Waals surface area contributed by atoms with Gasteiger partial charge < -0.3 is 14.8 Å². The highest BCUT2D eigenvalue weighted by Crippen LogP contribution is 2.33. The number of hydrogen-bond donors (Lipinski definition) is 1. The standard InChI is InChI=1S/C15H21Br2NO2/c1-3-20-14-11(7-12(16)8-13(14)17)9-18-15(2)5-4-6-19-10-15/h7-8,18H,3-6,9-10H2,1-2H3. The zero-order valence-electron chi connectivity index (χ0n) is 12.0. The fourth-order valence-corrected chi connectivity index (χ4v) is 3.86. The summed E-state index contributed by atoms with van der Waals surface area (Å²) in [6, 6.07) is 4.12. The summed E-state index contributed by atoms with van der Waals surface area (Å²) in [5.74, 6) is 0.920.